The minimum Gasteiger partial charge on any atom is -0.495 e. The molecule has 3 amide bonds. The van der Waals surface area contributed by atoms with Crippen LogP contribution in [0, 0.1) is 0 Å². The van der Waals surface area contributed by atoms with Crippen molar-refractivity contribution in [2.24, 2.45) is 0 Å². The standard InChI is InChI=1S/C27H36N6O3.2ClH/c1-18(21-16-29-22-8-6-5-7-20(21)22)25(31-27(35)33-13-11-28-12-14-33)26(34)30-23-15-19(17-32(2)3)9-10-24(23)36-4;;/h5-10,15-16,18,25,28-29H,11-14,17H2,1-4H3,(H,30,34)(H,31,35);2*1H/t18-,25+;;/m0../s1. The van der Waals surface area contributed by atoms with Crippen LogP contribution in [0.15, 0.2) is 48.7 Å². The Morgan fingerprint density at radius 3 is 2.50 bits per heavy atom. The number of carbonyl (C=O) groups is 2. The van der Waals surface area contributed by atoms with E-state index in [0.717, 1.165) is 41.7 Å². The molecule has 2 atom stereocenters. The number of rotatable bonds is 8. The van der Waals surface area contributed by atoms with Crippen LogP contribution in [0.4, 0.5) is 10.5 Å². The summed E-state index contributed by atoms with van der Waals surface area (Å²) in [6.45, 7) is 5.36. The second-order valence-electron chi connectivity index (χ2n) is 9.50. The first-order valence-electron chi connectivity index (χ1n) is 12.3. The molecule has 4 rings (SSSR count). The van der Waals surface area contributed by atoms with Gasteiger partial charge in [0.25, 0.3) is 0 Å². The van der Waals surface area contributed by atoms with Gasteiger partial charge in [-0.3, -0.25) is 4.79 Å². The summed E-state index contributed by atoms with van der Waals surface area (Å²) in [5, 5.41) is 10.3. The average Bonchev–Trinajstić information content (AvgIpc) is 3.31. The smallest absolute Gasteiger partial charge is 0.318 e. The van der Waals surface area contributed by atoms with Crippen LogP contribution in [0.2, 0.25) is 0 Å². The van der Waals surface area contributed by atoms with Gasteiger partial charge >= 0.3 is 6.03 Å². The molecule has 0 radical (unpaired) electrons. The van der Waals surface area contributed by atoms with E-state index in [4.69, 9.17) is 4.74 Å². The van der Waals surface area contributed by atoms with Gasteiger partial charge in [-0.15, -0.1) is 24.8 Å². The SMILES string of the molecule is COc1ccc(CN(C)C)cc1NC(=O)[C@H](NC(=O)N1CCNCC1)[C@@H](C)c1c[nH]c2ccccc12.Cl.Cl. The fourth-order valence-corrected chi connectivity index (χ4v) is 4.69. The van der Waals surface area contributed by atoms with Crippen molar-refractivity contribution in [2.75, 3.05) is 52.7 Å². The molecule has 1 aliphatic rings. The van der Waals surface area contributed by atoms with Crippen LogP contribution in [0.1, 0.15) is 24.0 Å². The van der Waals surface area contributed by atoms with Crippen LogP contribution in [-0.2, 0) is 11.3 Å². The highest BCUT2D eigenvalue weighted by Gasteiger charge is 2.32. The first-order valence-corrected chi connectivity index (χ1v) is 12.3. The molecule has 0 aliphatic carbocycles. The predicted molar refractivity (Wildman–Crippen MR) is 157 cm³/mol. The highest BCUT2D eigenvalue weighted by molar-refractivity contribution is 5.99. The molecule has 11 heteroatoms. The summed E-state index contributed by atoms with van der Waals surface area (Å²) in [4.78, 5) is 34.0. The van der Waals surface area contributed by atoms with Gasteiger partial charge in [-0.1, -0.05) is 31.2 Å². The minimum absolute atomic E-state index is 0. The molecule has 38 heavy (non-hydrogen) atoms. The summed E-state index contributed by atoms with van der Waals surface area (Å²) in [6, 6.07) is 12.7. The van der Waals surface area contributed by atoms with Gasteiger partial charge < -0.3 is 35.5 Å². The zero-order valence-electron chi connectivity index (χ0n) is 22.2. The lowest BCUT2D eigenvalue weighted by Crippen LogP contribution is -2.55. The van der Waals surface area contributed by atoms with Crippen molar-refractivity contribution in [1.29, 1.82) is 0 Å². The lowest BCUT2D eigenvalue weighted by Gasteiger charge is -2.31. The molecule has 2 heterocycles. The van der Waals surface area contributed by atoms with Gasteiger partial charge in [0.05, 0.1) is 12.8 Å². The molecule has 1 aliphatic heterocycles. The summed E-state index contributed by atoms with van der Waals surface area (Å²) in [7, 11) is 5.56. The third-order valence-electron chi connectivity index (χ3n) is 6.60. The number of hydrogen-bond acceptors (Lipinski definition) is 5. The summed E-state index contributed by atoms with van der Waals surface area (Å²) in [6.07, 6.45) is 1.92. The van der Waals surface area contributed by atoms with Crippen LogP contribution < -0.4 is 20.7 Å². The molecule has 9 nitrogen and oxygen atoms in total. The second kappa shape index (κ2) is 14.2. The van der Waals surface area contributed by atoms with Gasteiger partial charge in [-0.2, -0.15) is 0 Å². The van der Waals surface area contributed by atoms with E-state index in [2.05, 4.69) is 25.8 Å². The molecule has 1 aromatic heterocycles. The Kier molecular flexibility index (Phi) is 11.7. The minimum atomic E-state index is -0.797. The largest absolute Gasteiger partial charge is 0.495 e. The molecule has 0 bridgehead atoms. The lowest BCUT2D eigenvalue weighted by molar-refractivity contribution is -0.118. The van der Waals surface area contributed by atoms with E-state index in [0.29, 0.717) is 24.5 Å². The first-order chi connectivity index (χ1) is 17.4. The van der Waals surface area contributed by atoms with Crippen molar-refractivity contribution in [3.05, 3.63) is 59.8 Å². The van der Waals surface area contributed by atoms with E-state index in [1.54, 1.807) is 12.0 Å². The monoisotopic (exact) mass is 564 g/mol. The number of ether oxygens (including phenoxy) is 1. The van der Waals surface area contributed by atoms with E-state index in [1.165, 1.54) is 0 Å². The van der Waals surface area contributed by atoms with Gasteiger partial charge in [0, 0.05) is 55.7 Å². The topological polar surface area (TPSA) is 102 Å². The third-order valence-corrected chi connectivity index (χ3v) is 6.60. The maximum atomic E-state index is 13.8. The van der Waals surface area contributed by atoms with Gasteiger partial charge in [0.15, 0.2) is 0 Å². The molecule has 1 saturated heterocycles. The molecule has 0 spiro atoms. The first kappa shape index (κ1) is 31.2. The number of benzene rings is 2. The second-order valence-corrected chi connectivity index (χ2v) is 9.50. The van der Waals surface area contributed by atoms with Crippen LogP contribution in [0.25, 0.3) is 10.9 Å². The normalized spacial score (nSPS) is 14.7. The number of H-pyrrole nitrogens is 1. The highest BCUT2D eigenvalue weighted by atomic mass is 35.5. The number of aromatic amines is 1. The lowest BCUT2D eigenvalue weighted by atomic mass is 9.92. The maximum Gasteiger partial charge on any atom is 0.318 e. The number of nitrogens with zero attached hydrogens (tertiary/aromatic N) is 2. The van der Waals surface area contributed by atoms with E-state index in [-0.39, 0.29) is 42.7 Å². The fourth-order valence-electron chi connectivity index (χ4n) is 4.69. The maximum absolute atomic E-state index is 13.8. The molecule has 208 valence electrons. The molecule has 1 fully saturated rings. The number of anilines is 1. The van der Waals surface area contributed by atoms with E-state index >= 15 is 0 Å². The van der Waals surface area contributed by atoms with Crippen LogP contribution >= 0.6 is 24.8 Å². The number of hydrogen-bond donors (Lipinski definition) is 4. The Morgan fingerprint density at radius 1 is 1.11 bits per heavy atom. The Balaban J connectivity index is 0.00000253. The van der Waals surface area contributed by atoms with Gasteiger partial charge in [0.1, 0.15) is 11.8 Å². The van der Waals surface area contributed by atoms with Crippen molar-refractivity contribution < 1.29 is 14.3 Å². The number of para-hydroxylation sites is 1. The van der Waals surface area contributed by atoms with Gasteiger partial charge in [-0.05, 0) is 43.4 Å². The summed E-state index contributed by atoms with van der Waals surface area (Å²) in [5.41, 5.74) is 3.58. The zero-order valence-corrected chi connectivity index (χ0v) is 23.9. The third kappa shape index (κ3) is 7.32. The number of fused-ring (bicyclic) bond motifs is 1. The number of nitrogens with one attached hydrogen (secondary N) is 4. The van der Waals surface area contributed by atoms with Crippen LogP contribution in [-0.4, -0.2) is 80.1 Å². The van der Waals surface area contributed by atoms with Crippen molar-refractivity contribution in [1.82, 2.24) is 25.4 Å². The molecule has 0 unspecified atom stereocenters. The Hall–Kier alpha value is -2.98. The number of piperazine rings is 1. The Labute approximate surface area is 236 Å². The van der Waals surface area contributed by atoms with Crippen LogP contribution in [0.5, 0.6) is 5.75 Å². The van der Waals surface area contributed by atoms with E-state index < -0.39 is 6.04 Å². The molecular weight excluding hydrogens is 527 g/mol. The average molecular weight is 566 g/mol. The predicted octanol–water partition coefficient (Wildman–Crippen LogP) is 3.81. The molecule has 4 N–H and O–H groups in total. The van der Waals surface area contributed by atoms with Crippen LogP contribution in [0.3, 0.4) is 0 Å². The summed E-state index contributed by atoms with van der Waals surface area (Å²) < 4.78 is 5.52. The van der Waals surface area contributed by atoms with Crippen molar-refractivity contribution in [3.8, 4) is 5.75 Å². The van der Waals surface area contributed by atoms with E-state index in [9.17, 15) is 9.59 Å². The number of carbonyl (C=O) groups excluding carboxylic acids is 2. The molecule has 0 saturated carbocycles. The van der Waals surface area contributed by atoms with Gasteiger partial charge in [-0.25, -0.2) is 4.79 Å². The van der Waals surface area contributed by atoms with Gasteiger partial charge in [0.2, 0.25) is 5.91 Å². The fraction of sp³-hybridized carbons (Fsp3) is 0.407. The highest BCUT2D eigenvalue weighted by Crippen LogP contribution is 2.30. The molecule has 3 aromatic rings. The van der Waals surface area contributed by atoms with E-state index in [1.807, 2.05) is 69.7 Å². The number of urea groups is 1. The summed E-state index contributed by atoms with van der Waals surface area (Å²) >= 11 is 0. The molecular formula is C27H38Cl2N6O3. The number of methoxy groups -OCH3 is 1. The Morgan fingerprint density at radius 2 is 1.82 bits per heavy atom. The zero-order chi connectivity index (χ0) is 25.7. The molecule has 2 aromatic carbocycles. The van der Waals surface area contributed by atoms with Crippen molar-refractivity contribution in [3.63, 3.8) is 0 Å². The van der Waals surface area contributed by atoms with Crippen molar-refractivity contribution >= 4 is 53.3 Å². The number of aromatic nitrogens is 1. The summed E-state index contributed by atoms with van der Waals surface area (Å²) in [5.74, 6) is -0.0154. The Bertz CT molecular complexity index is 1210. The van der Waals surface area contributed by atoms with Crippen molar-refractivity contribution in [2.45, 2.75) is 25.4 Å². The number of halogens is 2. The quantitative estimate of drug-likeness (QED) is 0.333. The number of amides is 3.